The highest BCUT2D eigenvalue weighted by molar-refractivity contribution is 14.0. The molecule has 31 heavy (non-hydrogen) atoms. The summed E-state index contributed by atoms with van der Waals surface area (Å²) in [4.78, 5) is 11.0. The summed E-state index contributed by atoms with van der Waals surface area (Å²) in [6, 6.07) is 11.6. The van der Waals surface area contributed by atoms with E-state index in [1.807, 2.05) is 36.4 Å². The molecule has 8 heteroatoms. The molecule has 1 atom stereocenters. The highest BCUT2D eigenvalue weighted by Crippen LogP contribution is 2.31. The maximum atomic E-state index is 6.13. The van der Waals surface area contributed by atoms with Crippen LogP contribution in [0.2, 0.25) is 0 Å². The van der Waals surface area contributed by atoms with Crippen LogP contribution in [0.4, 0.5) is 0 Å². The molecule has 1 saturated heterocycles. The maximum Gasteiger partial charge on any atom is 0.224 e. The van der Waals surface area contributed by atoms with Gasteiger partial charge in [0.1, 0.15) is 0 Å². The van der Waals surface area contributed by atoms with Crippen LogP contribution in [0.25, 0.3) is 0 Å². The van der Waals surface area contributed by atoms with Crippen LogP contribution in [0.3, 0.4) is 0 Å². The van der Waals surface area contributed by atoms with E-state index >= 15 is 0 Å². The van der Waals surface area contributed by atoms with Gasteiger partial charge in [0.25, 0.3) is 0 Å². The fourth-order valence-electron chi connectivity index (χ4n) is 3.38. The third-order valence-corrected chi connectivity index (χ3v) is 4.93. The third kappa shape index (κ3) is 7.53. The van der Waals surface area contributed by atoms with Crippen molar-refractivity contribution in [1.82, 2.24) is 15.2 Å². The number of ether oxygens (including phenoxy) is 3. The first-order chi connectivity index (χ1) is 14.7. The second-order valence-corrected chi connectivity index (χ2v) is 7.38. The van der Waals surface area contributed by atoms with Gasteiger partial charge in [-0.3, -0.25) is 4.99 Å². The molecule has 170 valence electrons. The third-order valence-electron chi connectivity index (χ3n) is 4.93. The summed E-state index contributed by atoms with van der Waals surface area (Å²) in [6.45, 7) is 5.87. The van der Waals surface area contributed by atoms with Crippen molar-refractivity contribution < 1.29 is 14.2 Å². The molecule has 3 rings (SSSR count). The molecule has 7 nitrogen and oxygen atoms in total. The standard InChI is InChI=1S/C23H32N4O3.HI/c1-4-13-29-20-9-5-6-10-21(20)30-22-19(8-7-12-25-22)15-26-23(24-2)27(3)16-18-11-14-28-17-18;/h5-10,12,18H,4,11,13-17H2,1-3H3,(H,24,26);1H. The lowest BCUT2D eigenvalue weighted by molar-refractivity contribution is 0.181. The van der Waals surface area contributed by atoms with E-state index in [4.69, 9.17) is 14.2 Å². The summed E-state index contributed by atoms with van der Waals surface area (Å²) in [7, 11) is 3.85. The normalized spacial score (nSPS) is 15.8. The molecule has 1 aliphatic rings. The molecule has 1 N–H and O–H groups in total. The Balaban J connectivity index is 0.00000341. The smallest absolute Gasteiger partial charge is 0.224 e. The molecule has 1 aromatic carbocycles. The molecule has 1 unspecified atom stereocenters. The van der Waals surface area contributed by atoms with Crippen LogP contribution in [-0.4, -0.2) is 56.3 Å². The van der Waals surface area contributed by atoms with Crippen molar-refractivity contribution in [2.45, 2.75) is 26.3 Å². The molecule has 0 spiro atoms. The molecule has 2 aromatic rings. The number of aromatic nitrogens is 1. The van der Waals surface area contributed by atoms with Gasteiger partial charge in [0.2, 0.25) is 5.88 Å². The van der Waals surface area contributed by atoms with Gasteiger partial charge in [-0.05, 0) is 31.0 Å². The van der Waals surface area contributed by atoms with Crippen LogP contribution in [0.15, 0.2) is 47.6 Å². The molecule has 0 aliphatic carbocycles. The summed E-state index contributed by atoms with van der Waals surface area (Å²) < 4.78 is 17.4. The second kappa shape index (κ2) is 13.4. The molecular weight excluding hydrogens is 507 g/mol. The van der Waals surface area contributed by atoms with Crippen molar-refractivity contribution in [2.24, 2.45) is 10.9 Å². The zero-order chi connectivity index (χ0) is 21.2. The lowest BCUT2D eigenvalue weighted by atomic mass is 10.1. The summed E-state index contributed by atoms with van der Waals surface area (Å²) in [6.07, 6.45) is 3.77. The molecular formula is C23H33IN4O3. The van der Waals surface area contributed by atoms with Crippen molar-refractivity contribution >= 4 is 29.9 Å². The second-order valence-electron chi connectivity index (χ2n) is 7.38. The van der Waals surface area contributed by atoms with Crippen LogP contribution in [0.5, 0.6) is 17.4 Å². The van der Waals surface area contributed by atoms with Crippen molar-refractivity contribution in [3.05, 3.63) is 48.2 Å². The Labute approximate surface area is 202 Å². The predicted octanol–water partition coefficient (Wildman–Crippen LogP) is 4.32. The molecule has 1 fully saturated rings. The summed E-state index contributed by atoms with van der Waals surface area (Å²) in [5.74, 6) is 3.32. The van der Waals surface area contributed by atoms with E-state index in [0.29, 0.717) is 30.7 Å². The van der Waals surface area contributed by atoms with E-state index in [1.165, 1.54) is 0 Å². The number of guanidine groups is 1. The quantitative estimate of drug-likeness (QED) is 0.290. The number of benzene rings is 1. The van der Waals surface area contributed by atoms with E-state index in [1.54, 1.807) is 13.2 Å². The number of nitrogens with one attached hydrogen (secondary N) is 1. The average molecular weight is 540 g/mol. The van der Waals surface area contributed by atoms with E-state index in [2.05, 4.69) is 34.2 Å². The number of pyridine rings is 1. The minimum absolute atomic E-state index is 0. The minimum atomic E-state index is 0. The number of para-hydroxylation sites is 2. The van der Waals surface area contributed by atoms with Crippen LogP contribution in [0, 0.1) is 5.92 Å². The van der Waals surface area contributed by atoms with Crippen molar-refractivity contribution in [1.29, 1.82) is 0 Å². The van der Waals surface area contributed by atoms with Gasteiger partial charge in [-0.25, -0.2) is 4.98 Å². The van der Waals surface area contributed by atoms with E-state index < -0.39 is 0 Å². The Bertz CT molecular complexity index is 828. The van der Waals surface area contributed by atoms with Crippen molar-refractivity contribution in [3.63, 3.8) is 0 Å². The lowest BCUT2D eigenvalue weighted by Gasteiger charge is -2.24. The van der Waals surface area contributed by atoms with Crippen LogP contribution in [-0.2, 0) is 11.3 Å². The van der Waals surface area contributed by atoms with Gasteiger partial charge in [0, 0.05) is 51.5 Å². The van der Waals surface area contributed by atoms with E-state index in [9.17, 15) is 0 Å². The van der Waals surface area contributed by atoms with Crippen molar-refractivity contribution in [2.75, 3.05) is 40.5 Å². The van der Waals surface area contributed by atoms with Crippen LogP contribution < -0.4 is 14.8 Å². The molecule has 2 heterocycles. The first-order valence-electron chi connectivity index (χ1n) is 10.5. The minimum Gasteiger partial charge on any atom is -0.490 e. The molecule has 1 aromatic heterocycles. The number of rotatable bonds is 9. The monoisotopic (exact) mass is 540 g/mol. The molecule has 1 aliphatic heterocycles. The van der Waals surface area contributed by atoms with E-state index in [-0.39, 0.29) is 24.0 Å². The van der Waals surface area contributed by atoms with Gasteiger partial charge in [-0.1, -0.05) is 25.1 Å². The van der Waals surface area contributed by atoms with Crippen LogP contribution in [0.1, 0.15) is 25.3 Å². The van der Waals surface area contributed by atoms with Crippen molar-refractivity contribution in [3.8, 4) is 17.4 Å². The average Bonchev–Trinajstić information content (AvgIpc) is 3.27. The van der Waals surface area contributed by atoms with Gasteiger partial charge in [-0.2, -0.15) is 0 Å². The number of nitrogens with zero attached hydrogens (tertiary/aromatic N) is 3. The Morgan fingerprint density at radius 3 is 2.77 bits per heavy atom. The largest absolute Gasteiger partial charge is 0.490 e. The Morgan fingerprint density at radius 1 is 1.26 bits per heavy atom. The molecule has 0 radical (unpaired) electrons. The molecule has 0 amide bonds. The van der Waals surface area contributed by atoms with Gasteiger partial charge in [-0.15, -0.1) is 24.0 Å². The maximum absolute atomic E-state index is 6.13. The Hall–Kier alpha value is -2.07. The zero-order valence-electron chi connectivity index (χ0n) is 18.5. The highest BCUT2D eigenvalue weighted by atomic mass is 127. The number of hydrogen-bond acceptors (Lipinski definition) is 5. The van der Waals surface area contributed by atoms with Gasteiger partial charge >= 0.3 is 0 Å². The SMILES string of the molecule is CCCOc1ccccc1Oc1ncccc1CNC(=NC)N(C)CC1CCOC1.I. The first kappa shape index (κ1) is 25.2. The fourth-order valence-corrected chi connectivity index (χ4v) is 3.38. The Morgan fingerprint density at radius 2 is 2.06 bits per heavy atom. The highest BCUT2D eigenvalue weighted by Gasteiger charge is 2.19. The summed E-state index contributed by atoms with van der Waals surface area (Å²) in [5, 5.41) is 3.42. The first-order valence-corrected chi connectivity index (χ1v) is 10.5. The predicted molar refractivity (Wildman–Crippen MR) is 134 cm³/mol. The van der Waals surface area contributed by atoms with Gasteiger partial charge in [0.05, 0.1) is 13.2 Å². The fraction of sp³-hybridized carbons (Fsp3) is 0.478. The van der Waals surface area contributed by atoms with E-state index in [0.717, 1.165) is 49.9 Å². The topological polar surface area (TPSA) is 68.2 Å². The number of hydrogen-bond donors (Lipinski definition) is 1. The lowest BCUT2D eigenvalue weighted by Crippen LogP contribution is -2.41. The number of aliphatic imine (C=N–C) groups is 1. The molecule has 0 bridgehead atoms. The van der Waals surface area contributed by atoms with Crippen LogP contribution >= 0.6 is 24.0 Å². The summed E-state index contributed by atoms with van der Waals surface area (Å²) >= 11 is 0. The van der Waals surface area contributed by atoms with Gasteiger partial charge < -0.3 is 24.4 Å². The zero-order valence-corrected chi connectivity index (χ0v) is 20.9. The summed E-state index contributed by atoms with van der Waals surface area (Å²) in [5.41, 5.74) is 0.946. The molecule has 0 saturated carbocycles. The Kier molecular flexibility index (Phi) is 10.9. The number of halogens is 1. The van der Waals surface area contributed by atoms with Gasteiger partial charge in [0.15, 0.2) is 17.5 Å².